The van der Waals surface area contributed by atoms with Gasteiger partial charge < -0.3 is 24.6 Å². The maximum absolute atomic E-state index is 12.8. The number of anilines is 2. The number of piperidine rings is 1. The van der Waals surface area contributed by atoms with E-state index >= 15 is 0 Å². The van der Waals surface area contributed by atoms with Gasteiger partial charge in [-0.1, -0.05) is 0 Å². The van der Waals surface area contributed by atoms with E-state index in [4.69, 9.17) is 9.47 Å². The Morgan fingerprint density at radius 3 is 2.48 bits per heavy atom. The molecule has 1 amide bonds. The molecule has 124 valence electrons. The van der Waals surface area contributed by atoms with Crippen LogP contribution in [0.15, 0.2) is 12.1 Å². The van der Waals surface area contributed by atoms with Gasteiger partial charge in [0.15, 0.2) is 11.5 Å². The molecule has 1 unspecified atom stereocenters. The van der Waals surface area contributed by atoms with E-state index < -0.39 is 0 Å². The molecule has 1 atom stereocenters. The maximum Gasteiger partial charge on any atom is 0.249 e. The molecule has 0 saturated carbocycles. The first kappa shape index (κ1) is 14.6. The van der Waals surface area contributed by atoms with Crippen LogP contribution in [0.1, 0.15) is 19.8 Å². The van der Waals surface area contributed by atoms with Crippen LogP contribution in [0.25, 0.3) is 0 Å². The molecule has 3 heterocycles. The average molecular weight is 317 g/mol. The molecular weight excluding hydrogens is 294 g/mol. The van der Waals surface area contributed by atoms with Crippen molar-refractivity contribution in [3.8, 4) is 11.5 Å². The fraction of sp³-hybridized carbons (Fsp3) is 0.588. The molecule has 23 heavy (non-hydrogen) atoms. The fourth-order valence-corrected chi connectivity index (χ4v) is 3.65. The second-order valence-electron chi connectivity index (χ2n) is 6.62. The van der Waals surface area contributed by atoms with E-state index in [1.165, 1.54) is 0 Å². The van der Waals surface area contributed by atoms with Gasteiger partial charge in [-0.3, -0.25) is 4.79 Å². The molecule has 1 fully saturated rings. The fourth-order valence-electron chi connectivity index (χ4n) is 3.65. The summed E-state index contributed by atoms with van der Waals surface area (Å²) in [4.78, 5) is 17.1. The molecule has 3 aliphatic heterocycles. The van der Waals surface area contributed by atoms with Crippen LogP contribution < -0.4 is 19.7 Å². The Balaban J connectivity index is 1.73. The topological polar surface area (TPSA) is 54.0 Å². The smallest absolute Gasteiger partial charge is 0.249 e. The van der Waals surface area contributed by atoms with Gasteiger partial charge in [-0.15, -0.1) is 0 Å². The number of likely N-dealkylation sites (tertiary alicyclic amines) is 1. The van der Waals surface area contributed by atoms with Crippen LogP contribution in [-0.4, -0.2) is 56.2 Å². The van der Waals surface area contributed by atoms with Gasteiger partial charge in [0.2, 0.25) is 5.91 Å². The normalized spacial score (nSPS) is 25.0. The summed E-state index contributed by atoms with van der Waals surface area (Å²) < 4.78 is 11.4. The lowest BCUT2D eigenvalue weighted by atomic mass is 9.99. The second kappa shape index (κ2) is 5.60. The molecule has 0 bridgehead atoms. The predicted octanol–water partition coefficient (Wildman–Crippen LogP) is 1.70. The number of carbonyl (C=O) groups excluding carboxylic acids is 1. The lowest BCUT2D eigenvalue weighted by molar-refractivity contribution is -0.119. The molecule has 0 aromatic heterocycles. The van der Waals surface area contributed by atoms with Crippen molar-refractivity contribution < 1.29 is 14.3 Å². The molecule has 0 spiro atoms. The summed E-state index contributed by atoms with van der Waals surface area (Å²) in [5, 5.41) is 3.30. The summed E-state index contributed by atoms with van der Waals surface area (Å²) in [6.45, 7) is 5.09. The van der Waals surface area contributed by atoms with E-state index in [1.807, 2.05) is 24.0 Å². The van der Waals surface area contributed by atoms with Crippen molar-refractivity contribution in [3.63, 3.8) is 0 Å². The van der Waals surface area contributed by atoms with Crippen molar-refractivity contribution in [1.82, 2.24) is 4.90 Å². The van der Waals surface area contributed by atoms with Crippen molar-refractivity contribution in [3.05, 3.63) is 12.1 Å². The summed E-state index contributed by atoms with van der Waals surface area (Å²) in [5.74, 6) is 1.63. The van der Waals surface area contributed by atoms with Crippen molar-refractivity contribution in [2.75, 3.05) is 43.6 Å². The molecule has 1 aromatic carbocycles. The van der Waals surface area contributed by atoms with E-state index in [0.29, 0.717) is 13.2 Å². The van der Waals surface area contributed by atoms with Crippen LogP contribution in [0.4, 0.5) is 11.4 Å². The number of carbonyl (C=O) groups is 1. The van der Waals surface area contributed by atoms with E-state index in [1.54, 1.807) is 0 Å². The summed E-state index contributed by atoms with van der Waals surface area (Å²) >= 11 is 0. The minimum atomic E-state index is -0.218. The number of rotatable bonds is 1. The van der Waals surface area contributed by atoms with Crippen molar-refractivity contribution >= 4 is 17.3 Å². The van der Waals surface area contributed by atoms with E-state index in [-0.39, 0.29) is 18.0 Å². The van der Waals surface area contributed by atoms with Crippen molar-refractivity contribution in [2.45, 2.75) is 31.8 Å². The third-order valence-corrected chi connectivity index (χ3v) is 4.95. The highest BCUT2D eigenvalue weighted by Gasteiger charge is 2.37. The zero-order valence-electron chi connectivity index (χ0n) is 13.7. The van der Waals surface area contributed by atoms with Crippen molar-refractivity contribution in [1.29, 1.82) is 0 Å². The lowest BCUT2D eigenvalue weighted by Crippen LogP contribution is -2.53. The van der Waals surface area contributed by atoms with Crippen LogP contribution in [0.3, 0.4) is 0 Å². The van der Waals surface area contributed by atoms with Gasteiger partial charge in [0, 0.05) is 18.2 Å². The van der Waals surface area contributed by atoms with Crippen LogP contribution >= 0.6 is 0 Å². The van der Waals surface area contributed by atoms with Gasteiger partial charge in [0.05, 0.1) is 11.4 Å². The third-order valence-electron chi connectivity index (χ3n) is 4.95. The number of nitrogens with one attached hydrogen (secondary N) is 1. The first-order valence-electron chi connectivity index (χ1n) is 8.35. The van der Waals surface area contributed by atoms with E-state index in [2.05, 4.69) is 17.3 Å². The van der Waals surface area contributed by atoms with Crippen molar-refractivity contribution in [2.24, 2.45) is 0 Å². The molecule has 1 saturated heterocycles. The van der Waals surface area contributed by atoms with Gasteiger partial charge in [-0.2, -0.15) is 0 Å². The summed E-state index contributed by atoms with van der Waals surface area (Å²) in [6.07, 6.45) is 2.01. The Labute approximate surface area is 136 Å². The van der Waals surface area contributed by atoms with Gasteiger partial charge in [0.25, 0.3) is 0 Å². The first-order chi connectivity index (χ1) is 11.1. The number of amides is 1. The molecule has 1 aromatic rings. The molecule has 0 aliphatic carbocycles. The molecule has 6 heteroatoms. The molecule has 3 aliphatic rings. The SMILES string of the molecule is CC1Nc2cc3c(cc2N(C2CCN(C)CC2)C1=O)OCCO3. The van der Waals surface area contributed by atoms with Gasteiger partial charge in [-0.05, 0) is 39.9 Å². The zero-order valence-corrected chi connectivity index (χ0v) is 13.7. The minimum absolute atomic E-state index is 0.142. The standard InChI is InChI=1S/C17H23N3O3/c1-11-17(21)20(12-3-5-19(2)6-4-12)14-10-16-15(9-13(14)18-11)22-7-8-23-16/h9-12,18H,3-8H2,1-2H3. The molecule has 0 radical (unpaired) electrons. The van der Waals surface area contributed by atoms with Gasteiger partial charge in [0.1, 0.15) is 19.3 Å². The Morgan fingerprint density at radius 1 is 1.13 bits per heavy atom. The van der Waals surface area contributed by atoms with E-state index in [9.17, 15) is 4.79 Å². The number of hydrogen-bond acceptors (Lipinski definition) is 5. The number of ether oxygens (including phenoxy) is 2. The number of nitrogens with zero attached hydrogens (tertiary/aromatic N) is 2. The quantitative estimate of drug-likeness (QED) is 0.854. The van der Waals surface area contributed by atoms with Crippen LogP contribution in [-0.2, 0) is 4.79 Å². The molecular formula is C17H23N3O3. The minimum Gasteiger partial charge on any atom is -0.486 e. The average Bonchev–Trinajstić information content (AvgIpc) is 2.56. The van der Waals surface area contributed by atoms with Crippen LogP contribution in [0, 0.1) is 0 Å². The van der Waals surface area contributed by atoms with Crippen LogP contribution in [0.5, 0.6) is 11.5 Å². The highest BCUT2D eigenvalue weighted by atomic mass is 16.6. The Kier molecular flexibility index (Phi) is 3.56. The highest BCUT2D eigenvalue weighted by Crippen LogP contribution is 2.43. The Hall–Kier alpha value is -1.95. The largest absolute Gasteiger partial charge is 0.486 e. The summed E-state index contributed by atoms with van der Waals surface area (Å²) in [7, 11) is 2.13. The monoisotopic (exact) mass is 317 g/mol. The second-order valence-corrected chi connectivity index (χ2v) is 6.62. The predicted molar refractivity (Wildman–Crippen MR) is 88.5 cm³/mol. The lowest BCUT2D eigenvalue weighted by Gasteiger charge is -2.42. The maximum atomic E-state index is 12.8. The molecule has 1 N–H and O–H groups in total. The molecule has 6 nitrogen and oxygen atoms in total. The first-order valence-corrected chi connectivity index (χ1v) is 8.35. The van der Waals surface area contributed by atoms with Gasteiger partial charge in [-0.25, -0.2) is 0 Å². The number of benzene rings is 1. The van der Waals surface area contributed by atoms with Gasteiger partial charge >= 0.3 is 0 Å². The third kappa shape index (κ3) is 2.51. The number of hydrogen-bond donors (Lipinski definition) is 1. The van der Waals surface area contributed by atoms with Crippen LogP contribution in [0.2, 0.25) is 0 Å². The van der Waals surface area contributed by atoms with E-state index in [0.717, 1.165) is 48.8 Å². The Morgan fingerprint density at radius 2 is 1.78 bits per heavy atom. The highest BCUT2D eigenvalue weighted by molar-refractivity contribution is 6.05. The Bertz CT molecular complexity index is 626. The zero-order chi connectivity index (χ0) is 16.0. The number of fused-ring (bicyclic) bond motifs is 2. The molecule has 4 rings (SSSR count). The summed E-state index contributed by atoms with van der Waals surface area (Å²) in [6, 6.07) is 3.96. The summed E-state index contributed by atoms with van der Waals surface area (Å²) in [5.41, 5.74) is 1.88.